The Kier molecular flexibility index (Phi) is 5.60. The van der Waals surface area contributed by atoms with Crippen molar-refractivity contribution in [3.8, 4) is 0 Å². The molecular formula is C18H17NO3. The molecule has 2 rings (SSSR count). The van der Waals surface area contributed by atoms with Crippen LogP contribution in [0.4, 0.5) is 0 Å². The number of hydrogen-bond acceptors (Lipinski definition) is 3. The summed E-state index contributed by atoms with van der Waals surface area (Å²) in [5.41, 5.74) is 1.55. The zero-order chi connectivity index (χ0) is 15.8. The lowest BCUT2D eigenvalue weighted by Gasteiger charge is -2.07. The quantitative estimate of drug-likeness (QED) is 0.442. The largest absolute Gasteiger partial charge is 0.294 e. The molecule has 112 valence electrons. The summed E-state index contributed by atoms with van der Waals surface area (Å²) in [7, 11) is 0. The van der Waals surface area contributed by atoms with Gasteiger partial charge in [-0.15, -0.1) is 0 Å². The van der Waals surface area contributed by atoms with Crippen molar-refractivity contribution in [2.45, 2.75) is 6.42 Å². The van der Waals surface area contributed by atoms with Crippen LogP contribution >= 0.6 is 0 Å². The second kappa shape index (κ2) is 7.88. The molecule has 0 saturated carbocycles. The third kappa shape index (κ3) is 4.98. The van der Waals surface area contributed by atoms with Crippen LogP contribution < -0.4 is 0 Å². The van der Waals surface area contributed by atoms with E-state index < -0.39 is 5.92 Å². The lowest BCUT2D eigenvalue weighted by Crippen LogP contribution is -2.16. The summed E-state index contributed by atoms with van der Waals surface area (Å²) in [6.07, 6.45) is 3.71. The van der Waals surface area contributed by atoms with Gasteiger partial charge in [-0.3, -0.25) is 14.9 Å². The van der Waals surface area contributed by atoms with E-state index >= 15 is 0 Å². The number of benzene rings is 2. The van der Waals surface area contributed by atoms with Gasteiger partial charge in [-0.2, -0.15) is 0 Å². The van der Waals surface area contributed by atoms with Crippen LogP contribution in [0.3, 0.4) is 0 Å². The molecule has 0 saturated heterocycles. The van der Waals surface area contributed by atoms with Crippen molar-refractivity contribution < 1.29 is 9.72 Å². The highest BCUT2D eigenvalue weighted by Gasteiger charge is 2.17. The Bertz CT molecular complexity index is 651. The van der Waals surface area contributed by atoms with E-state index in [1.807, 2.05) is 42.5 Å². The predicted molar refractivity (Wildman–Crippen MR) is 86.2 cm³/mol. The molecule has 0 heterocycles. The Hall–Kier alpha value is -2.75. The summed E-state index contributed by atoms with van der Waals surface area (Å²) in [5, 5.41) is 10.8. The Morgan fingerprint density at radius 3 is 2.23 bits per heavy atom. The summed E-state index contributed by atoms with van der Waals surface area (Å²) in [5.74, 6) is -0.493. The standard InChI is InChI=1S/C18H17NO3/c20-18(17-9-5-2-6-10-17)13-16(14-19(21)22)12-11-15-7-3-1-4-8-15/h1-12,16H,13-14H2/b12-11+. The van der Waals surface area contributed by atoms with Crippen LogP contribution in [0.1, 0.15) is 22.3 Å². The zero-order valence-corrected chi connectivity index (χ0v) is 12.1. The van der Waals surface area contributed by atoms with Crippen molar-refractivity contribution in [2.75, 3.05) is 6.54 Å². The molecule has 1 unspecified atom stereocenters. The molecule has 2 aromatic carbocycles. The maximum absolute atomic E-state index is 12.2. The van der Waals surface area contributed by atoms with Crippen LogP contribution in [0.25, 0.3) is 6.08 Å². The van der Waals surface area contributed by atoms with E-state index in [0.29, 0.717) is 5.56 Å². The summed E-state index contributed by atoms with van der Waals surface area (Å²) < 4.78 is 0. The van der Waals surface area contributed by atoms with Crippen LogP contribution in [0.5, 0.6) is 0 Å². The molecule has 4 nitrogen and oxygen atoms in total. The first-order valence-corrected chi connectivity index (χ1v) is 7.08. The molecule has 0 bridgehead atoms. The number of carbonyl (C=O) groups is 1. The van der Waals surface area contributed by atoms with Crippen molar-refractivity contribution in [3.05, 3.63) is 88.0 Å². The fourth-order valence-electron chi connectivity index (χ4n) is 2.18. The maximum atomic E-state index is 12.2. The lowest BCUT2D eigenvalue weighted by molar-refractivity contribution is -0.485. The minimum atomic E-state index is -0.414. The fraction of sp³-hybridized carbons (Fsp3) is 0.167. The summed E-state index contributed by atoms with van der Waals surface area (Å²) in [6, 6.07) is 18.4. The van der Waals surface area contributed by atoms with Crippen LogP contribution in [-0.2, 0) is 0 Å². The molecule has 0 spiro atoms. The number of rotatable bonds is 7. The third-order valence-electron chi connectivity index (χ3n) is 3.29. The first-order chi connectivity index (χ1) is 10.6. The van der Waals surface area contributed by atoms with E-state index in [-0.39, 0.29) is 23.7 Å². The van der Waals surface area contributed by atoms with E-state index in [1.54, 1.807) is 30.3 Å². The number of Topliss-reactive ketones (excluding diaryl/α,β-unsaturated/α-hetero) is 1. The molecule has 0 fully saturated rings. The van der Waals surface area contributed by atoms with Crippen LogP contribution in [0.2, 0.25) is 0 Å². The minimum Gasteiger partial charge on any atom is -0.294 e. The number of carbonyl (C=O) groups excluding carboxylic acids is 1. The van der Waals surface area contributed by atoms with Gasteiger partial charge < -0.3 is 0 Å². The predicted octanol–water partition coefficient (Wildman–Crippen LogP) is 3.87. The molecule has 0 aliphatic rings. The molecule has 4 heteroatoms. The Morgan fingerprint density at radius 1 is 1.05 bits per heavy atom. The highest BCUT2D eigenvalue weighted by atomic mass is 16.6. The van der Waals surface area contributed by atoms with Crippen molar-refractivity contribution in [1.29, 1.82) is 0 Å². The van der Waals surface area contributed by atoms with Crippen LogP contribution in [0.15, 0.2) is 66.7 Å². The van der Waals surface area contributed by atoms with Gasteiger partial charge in [0, 0.05) is 22.8 Å². The van der Waals surface area contributed by atoms with Gasteiger partial charge >= 0.3 is 0 Å². The summed E-state index contributed by atoms with van der Waals surface area (Å²) >= 11 is 0. The molecule has 0 N–H and O–H groups in total. The highest BCUT2D eigenvalue weighted by molar-refractivity contribution is 5.96. The van der Waals surface area contributed by atoms with Crippen molar-refractivity contribution in [1.82, 2.24) is 0 Å². The number of hydrogen-bond donors (Lipinski definition) is 0. The van der Waals surface area contributed by atoms with Crippen molar-refractivity contribution >= 4 is 11.9 Å². The van der Waals surface area contributed by atoms with Gasteiger partial charge in [0.15, 0.2) is 5.78 Å². The first kappa shape index (κ1) is 15.6. The fourth-order valence-corrected chi connectivity index (χ4v) is 2.18. The third-order valence-corrected chi connectivity index (χ3v) is 3.29. The van der Waals surface area contributed by atoms with Gasteiger partial charge in [-0.25, -0.2) is 0 Å². The van der Waals surface area contributed by atoms with Gasteiger partial charge in [0.2, 0.25) is 6.54 Å². The van der Waals surface area contributed by atoms with E-state index in [0.717, 1.165) is 5.56 Å². The Morgan fingerprint density at radius 2 is 1.64 bits per heavy atom. The lowest BCUT2D eigenvalue weighted by atomic mass is 9.97. The molecule has 22 heavy (non-hydrogen) atoms. The minimum absolute atomic E-state index is 0.0786. The van der Waals surface area contributed by atoms with E-state index in [9.17, 15) is 14.9 Å². The van der Waals surface area contributed by atoms with E-state index in [1.165, 1.54) is 0 Å². The van der Waals surface area contributed by atoms with Gasteiger partial charge in [-0.05, 0) is 5.56 Å². The monoisotopic (exact) mass is 295 g/mol. The second-order valence-corrected chi connectivity index (χ2v) is 5.04. The molecule has 0 aliphatic carbocycles. The molecule has 1 atom stereocenters. The number of ketones is 1. The van der Waals surface area contributed by atoms with E-state index in [2.05, 4.69) is 0 Å². The summed E-state index contributed by atoms with van der Waals surface area (Å²) in [6.45, 7) is -0.248. The zero-order valence-electron chi connectivity index (χ0n) is 12.1. The topological polar surface area (TPSA) is 60.2 Å². The first-order valence-electron chi connectivity index (χ1n) is 7.08. The van der Waals surface area contributed by atoms with Gasteiger partial charge in [0.05, 0.1) is 0 Å². The average molecular weight is 295 g/mol. The molecule has 0 amide bonds. The summed E-state index contributed by atoms with van der Waals surface area (Å²) in [4.78, 5) is 22.6. The molecule has 2 aromatic rings. The smallest absolute Gasteiger partial charge is 0.210 e. The number of nitro groups is 1. The number of nitrogens with zero attached hydrogens (tertiary/aromatic N) is 1. The molecule has 0 aromatic heterocycles. The van der Waals surface area contributed by atoms with Crippen LogP contribution in [-0.4, -0.2) is 17.3 Å². The molecule has 0 aliphatic heterocycles. The Balaban J connectivity index is 2.08. The van der Waals surface area contributed by atoms with Crippen molar-refractivity contribution in [3.63, 3.8) is 0 Å². The molecular weight excluding hydrogens is 278 g/mol. The SMILES string of the molecule is O=C(CC(/C=C/c1ccccc1)C[N+](=O)[O-])c1ccccc1. The van der Waals surface area contributed by atoms with Crippen LogP contribution in [0, 0.1) is 16.0 Å². The maximum Gasteiger partial charge on any atom is 0.210 e. The van der Waals surface area contributed by atoms with Crippen molar-refractivity contribution in [2.24, 2.45) is 5.92 Å². The normalized spacial score (nSPS) is 12.2. The molecule has 0 radical (unpaired) electrons. The van der Waals surface area contributed by atoms with E-state index in [4.69, 9.17) is 0 Å². The Labute approximate surface area is 129 Å². The second-order valence-electron chi connectivity index (χ2n) is 5.04. The van der Waals surface area contributed by atoms with Gasteiger partial charge in [-0.1, -0.05) is 72.8 Å². The van der Waals surface area contributed by atoms with Gasteiger partial charge in [0.25, 0.3) is 0 Å². The highest BCUT2D eigenvalue weighted by Crippen LogP contribution is 2.14. The van der Waals surface area contributed by atoms with Gasteiger partial charge in [0.1, 0.15) is 0 Å². The average Bonchev–Trinajstić information content (AvgIpc) is 2.54.